The molecule has 2 N–H and O–H groups in total. The van der Waals surface area contributed by atoms with E-state index < -0.39 is 11.8 Å². The number of anilines is 1. The summed E-state index contributed by atoms with van der Waals surface area (Å²) in [6.45, 7) is 1.84. The molecule has 0 saturated carbocycles. The van der Waals surface area contributed by atoms with Gasteiger partial charge in [-0.2, -0.15) is 5.26 Å². The van der Waals surface area contributed by atoms with Crippen molar-refractivity contribution in [2.24, 2.45) is 0 Å². The van der Waals surface area contributed by atoms with Crippen LogP contribution in [0.5, 0.6) is 0 Å². The van der Waals surface area contributed by atoms with Gasteiger partial charge in [-0.15, -0.1) is 0 Å². The van der Waals surface area contributed by atoms with Gasteiger partial charge in [-0.25, -0.2) is 9.18 Å². The lowest BCUT2D eigenvalue weighted by Gasteiger charge is -2.12. The zero-order chi connectivity index (χ0) is 18.0. The van der Waals surface area contributed by atoms with Crippen molar-refractivity contribution < 1.29 is 13.9 Å². The molecule has 2 aromatic carbocycles. The maximum atomic E-state index is 14.8. The third kappa shape index (κ3) is 2.88. The Balaban J connectivity index is 2.26. The van der Waals surface area contributed by atoms with Gasteiger partial charge in [-0.1, -0.05) is 12.1 Å². The molecular formula is C19H14FN3O2. The molecule has 1 heterocycles. The fourth-order valence-corrected chi connectivity index (χ4v) is 2.72. The van der Waals surface area contributed by atoms with Crippen LogP contribution in [0.25, 0.3) is 22.0 Å². The Morgan fingerprint density at radius 2 is 2.16 bits per heavy atom. The van der Waals surface area contributed by atoms with E-state index in [2.05, 4.69) is 11.1 Å². The van der Waals surface area contributed by atoms with Gasteiger partial charge in [0.1, 0.15) is 5.82 Å². The second kappa shape index (κ2) is 6.57. The Morgan fingerprint density at radius 3 is 2.84 bits per heavy atom. The Morgan fingerprint density at radius 1 is 1.36 bits per heavy atom. The Kier molecular flexibility index (Phi) is 4.31. The lowest BCUT2D eigenvalue weighted by atomic mass is 9.97. The van der Waals surface area contributed by atoms with Crippen molar-refractivity contribution in [2.45, 2.75) is 6.92 Å². The molecule has 25 heavy (non-hydrogen) atoms. The van der Waals surface area contributed by atoms with Crippen LogP contribution in [0.15, 0.2) is 42.6 Å². The zero-order valence-corrected chi connectivity index (χ0v) is 13.4. The van der Waals surface area contributed by atoms with Crippen LogP contribution in [-0.4, -0.2) is 17.6 Å². The molecule has 0 saturated heterocycles. The molecule has 0 unspecified atom stereocenters. The number of nitriles is 1. The smallest absolute Gasteiger partial charge is 0.338 e. The van der Waals surface area contributed by atoms with Crippen molar-refractivity contribution in [2.75, 3.05) is 12.3 Å². The van der Waals surface area contributed by atoms with E-state index in [-0.39, 0.29) is 29.1 Å². The number of halogens is 1. The van der Waals surface area contributed by atoms with Gasteiger partial charge in [-0.3, -0.25) is 4.98 Å². The number of aromatic nitrogens is 1. The van der Waals surface area contributed by atoms with Gasteiger partial charge in [0.25, 0.3) is 0 Å². The van der Waals surface area contributed by atoms with Crippen LogP contribution in [0, 0.1) is 17.1 Å². The summed E-state index contributed by atoms with van der Waals surface area (Å²) in [7, 11) is 0. The summed E-state index contributed by atoms with van der Waals surface area (Å²) in [5, 5.41) is 10.6. The number of nitrogens with two attached hydrogens (primary N) is 1. The van der Waals surface area contributed by atoms with Crippen LogP contribution >= 0.6 is 0 Å². The minimum absolute atomic E-state index is 0.0290. The first-order valence-corrected chi connectivity index (χ1v) is 7.61. The molecule has 0 atom stereocenters. The number of benzene rings is 2. The Bertz CT molecular complexity index is 997. The lowest BCUT2D eigenvalue weighted by molar-refractivity contribution is 0.0526. The number of ether oxygens (including phenoxy) is 1. The summed E-state index contributed by atoms with van der Waals surface area (Å²) in [6.07, 6.45) is 1.52. The van der Waals surface area contributed by atoms with Gasteiger partial charge in [0, 0.05) is 17.3 Å². The summed E-state index contributed by atoms with van der Waals surface area (Å²) in [6, 6.07) is 11.4. The van der Waals surface area contributed by atoms with E-state index in [1.54, 1.807) is 25.1 Å². The van der Waals surface area contributed by atoms with E-state index in [4.69, 9.17) is 10.5 Å². The molecule has 0 spiro atoms. The van der Waals surface area contributed by atoms with Crippen molar-refractivity contribution in [1.29, 1.82) is 5.26 Å². The highest BCUT2D eigenvalue weighted by atomic mass is 19.1. The quantitative estimate of drug-likeness (QED) is 0.583. The van der Waals surface area contributed by atoms with Crippen molar-refractivity contribution in [3.63, 3.8) is 0 Å². The number of hydrogen-bond donors (Lipinski definition) is 1. The SMILES string of the molecule is CCOC(=O)c1cc(N)c(-c2nccc3cccc(C#N)c23)c(F)c1. The van der Waals surface area contributed by atoms with E-state index in [1.807, 2.05) is 6.07 Å². The molecule has 3 rings (SSSR count). The van der Waals surface area contributed by atoms with E-state index in [9.17, 15) is 14.4 Å². The molecule has 0 amide bonds. The van der Waals surface area contributed by atoms with Crippen molar-refractivity contribution in [3.8, 4) is 17.3 Å². The molecule has 5 nitrogen and oxygen atoms in total. The van der Waals surface area contributed by atoms with Crippen LogP contribution in [0.1, 0.15) is 22.8 Å². The van der Waals surface area contributed by atoms with Crippen LogP contribution in [-0.2, 0) is 4.74 Å². The number of fused-ring (bicyclic) bond motifs is 1. The molecule has 3 aromatic rings. The van der Waals surface area contributed by atoms with Gasteiger partial charge in [0.15, 0.2) is 0 Å². The third-order valence-corrected chi connectivity index (χ3v) is 3.78. The van der Waals surface area contributed by atoms with E-state index in [0.717, 1.165) is 11.5 Å². The highest BCUT2D eigenvalue weighted by molar-refractivity contribution is 6.01. The molecule has 1 aromatic heterocycles. The van der Waals surface area contributed by atoms with Crippen molar-refractivity contribution in [3.05, 3.63) is 59.5 Å². The molecule has 0 fully saturated rings. The van der Waals surface area contributed by atoms with E-state index in [1.165, 1.54) is 12.3 Å². The second-order valence-corrected chi connectivity index (χ2v) is 5.32. The highest BCUT2D eigenvalue weighted by Crippen LogP contribution is 2.35. The summed E-state index contributed by atoms with van der Waals surface area (Å²) in [4.78, 5) is 16.0. The summed E-state index contributed by atoms with van der Waals surface area (Å²) in [5.41, 5.74) is 6.77. The number of rotatable bonds is 3. The minimum Gasteiger partial charge on any atom is -0.462 e. The van der Waals surface area contributed by atoms with Gasteiger partial charge < -0.3 is 10.5 Å². The molecule has 6 heteroatoms. The number of pyridine rings is 1. The maximum Gasteiger partial charge on any atom is 0.338 e. The average Bonchev–Trinajstić information content (AvgIpc) is 2.60. The minimum atomic E-state index is -0.698. The molecular weight excluding hydrogens is 321 g/mol. The van der Waals surface area contributed by atoms with Crippen molar-refractivity contribution >= 4 is 22.4 Å². The van der Waals surface area contributed by atoms with Crippen LogP contribution < -0.4 is 5.73 Å². The molecule has 0 aliphatic heterocycles. The first-order chi connectivity index (χ1) is 12.1. The van der Waals surface area contributed by atoms with Crippen LogP contribution in [0.4, 0.5) is 10.1 Å². The normalized spacial score (nSPS) is 10.4. The molecule has 0 aliphatic carbocycles. The number of carbonyl (C=O) groups is 1. The largest absolute Gasteiger partial charge is 0.462 e. The van der Waals surface area contributed by atoms with Gasteiger partial charge in [-0.05, 0) is 36.6 Å². The van der Waals surface area contributed by atoms with Crippen LogP contribution in [0.3, 0.4) is 0 Å². The molecule has 0 aliphatic rings. The topological polar surface area (TPSA) is 89.0 Å². The summed E-state index contributed by atoms with van der Waals surface area (Å²) in [5.74, 6) is -1.35. The predicted octanol–water partition coefficient (Wildman–Crippen LogP) is 3.67. The maximum absolute atomic E-state index is 14.8. The number of esters is 1. The first kappa shape index (κ1) is 16.4. The number of nitrogen functional groups attached to an aromatic ring is 1. The third-order valence-electron chi connectivity index (χ3n) is 3.78. The Labute approximate surface area is 143 Å². The van der Waals surface area contributed by atoms with E-state index in [0.29, 0.717) is 10.9 Å². The standard InChI is InChI=1S/C19H14FN3O2/c1-2-25-19(24)13-8-14(20)17(15(22)9-13)18-16-11(6-7-23-18)4-3-5-12(16)10-21/h3-9H,2,22H2,1H3. The van der Waals surface area contributed by atoms with E-state index >= 15 is 0 Å². The van der Waals surface area contributed by atoms with Crippen molar-refractivity contribution in [1.82, 2.24) is 4.98 Å². The number of hydrogen-bond acceptors (Lipinski definition) is 5. The number of nitrogens with zero attached hydrogens (tertiary/aromatic N) is 2. The second-order valence-electron chi connectivity index (χ2n) is 5.32. The lowest BCUT2D eigenvalue weighted by Crippen LogP contribution is -2.07. The Hall–Kier alpha value is -3.46. The highest BCUT2D eigenvalue weighted by Gasteiger charge is 2.19. The average molecular weight is 335 g/mol. The molecule has 124 valence electrons. The predicted molar refractivity (Wildman–Crippen MR) is 92.2 cm³/mol. The molecule has 0 radical (unpaired) electrons. The van der Waals surface area contributed by atoms with Gasteiger partial charge >= 0.3 is 5.97 Å². The van der Waals surface area contributed by atoms with Crippen LogP contribution in [0.2, 0.25) is 0 Å². The fourth-order valence-electron chi connectivity index (χ4n) is 2.72. The first-order valence-electron chi connectivity index (χ1n) is 7.61. The van der Waals surface area contributed by atoms with Gasteiger partial charge in [0.05, 0.1) is 35.1 Å². The fraction of sp³-hybridized carbons (Fsp3) is 0.105. The van der Waals surface area contributed by atoms with Gasteiger partial charge in [0.2, 0.25) is 0 Å². The number of carbonyl (C=O) groups excluding carboxylic acids is 1. The molecule has 0 bridgehead atoms. The summed E-state index contributed by atoms with van der Waals surface area (Å²) >= 11 is 0. The zero-order valence-electron chi connectivity index (χ0n) is 13.4. The monoisotopic (exact) mass is 335 g/mol. The summed E-state index contributed by atoms with van der Waals surface area (Å²) < 4.78 is 19.6.